The molecule has 5 nitrogen and oxygen atoms in total. The lowest BCUT2D eigenvalue weighted by Gasteiger charge is -2.20. The van der Waals surface area contributed by atoms with Crippen LogP contribution in [0.3, 0.4) is 0 Å². The van der Waals surface area contributed by atoms with Gasteiger partial charge in [-0.2, -0.15) is 0 Å². The molecule has 0 atom stereocenters. The lowest BCUT2D eigenvalue weighted by Crippen LogP contribution is -2.33. The number of aliphatic carboxylic acids is 1. The first-order valence-corrected chi connectivity index (χ1v) is 6.37. The van der Waals surface area contributed by atoms with Crippen LogP contribution in [0.1, 0.15) is 22.8 Å². The third-order valence-corrected chi connectivity index (χ3v) is 2.81. The molecule has 1 amide bonds. The standard InChI is InChI=1S/C15H19NO4/c1-3-16(10-11-20-2)15(19)13-7-4-12(5-8-13)6-9-14(17)18/h4-9H,3,10-11H2,1-2H3,(H,17,18). The highest BCUT2D eigenvalue weighted by molar-refractivity contribution is 5.94. The van der Waals surface area contributed by atoms with E-state index in [1.54, 1.807) is 36.3 Å². The summed E-state index contributed by atoms with van der Waals surface area (Å²) < 4.78 is 4.98. The summed E-state index contributed by atoms with van der Waals surface area (Å²) in [5.41, 5.74) is 1.32. The number of carbonyl (C=O) groups is 2. The number of benzene rings is 1. The molecule has 5 heteroatoms. The van der Waals surface area contributed by atoms with Crippen molar-refractivity contribution >= 4 is 18.0 Å². The summed E-state index contributed by atoms with van der Waals surface area (Å²) in [6, 6.07) is 6.83. The molecule has 0 radical (unpaired) electrons. The van der Waals surface area contributed by atoms with Gasteiger partial charge in [0.2, 0.25) is 0 Å². The van der Waals surface area contributed by atoms with Gasteiger partial charge >= 0.3 is 5.97 Å². The fourth-order valence-electron chi connectivity index (χ4n) is 1.69. The fraction of sp³-hybridized carbons (Fsp3) is 0.333. The zero-order valence-corrected chi connectivity index (χ0v) is 11.7. The van der Waals surface area contributed by atoms with Crippen LogP contribution in [-0.4, -0.2) is 48.7 Å². The Morgan fingerprint density at radius 1 is 1.30 bits per heavy atom. The van der Waals surface area contributed by atoms with Gasteiger partial charge in [-0.05, 0) is 30.7 Å². The highest BCUT2D eigenvalue weighted by Gasteiger charge is 2.13. The Kier molecular flexibility index (Phi) is 6.46. The summed E-state index contributed by atoms with van der Waals surface area (Å²) in [7, 11) is 1.60. The average molecular weight is 277 g/mol. The zero-order valence-electron chi connectivity index (χ0n) is 11.7. The van der Waals surface area contributed by atoms with E-state index in [0.717, 1.165) is 11.6 Å². The minimum absolute atomic E-state index is 0.0571. The molecule has 0 spiro atoms. The Bertz CT molecular complexity index is 479. The summed E-state index contributed by atoms with van der Waals surface area (Å²) in [6.45, 7) is 3.58. The molecule has 0 aliphatic carbocycles. The number of carboxylic acid groups (broad SMARTS) is 1. The van der Waals surface area contributed by atoms with Crippen molar-refractivity contribution in [3.05, 3.63) is 41.5 Å². The summed E-state index contributed by atoms with van der Waals surface area (Å²) >= 11 is 0. The molecule has 0 unspecified atom stereocenters. The minimum atomic E-state index is -0.998. The number of carboxylic acids is 1. The molecule has 0 aromatic heterocycles. The van der Waals surface area contributed by atoms with Crippen LogP contribution in [0.2, 0.25) is 0 Å². The highest BCUT2D eigenvalue weighted by atomic mass is 16.5. The van der Waals surface area contributed by atoms with Crippen LogP contribution < -0.4 is 0 Å². The second-order valence-electron chi connectivity index (χ2n) is 4.17. The summed E-state index contributed by atoms with van der Waals surface area (Å²) in [5, 5.41) is 8.55. The SMILES string of the molecule is CCN(CCOC)C(=O)c1ccc(C=CC(=O)O)cc1. The number of hydrogen-bond donors (Lipinski definition) is 1. The van der Waals surface area contributed by atoms with Crippen LogP contribution >= 0.6 is 0 Å². The highest BCUT2D eigenvalue weighted by Crippen LogP contribution is 2.09. The topological polar surface area (TPSA) is 66.8 Å². The van der Waals surface area contributed by atoms with Gasteiger partial charge in [0.05, 0.1) is 6.61 Å². The van der Waals surface area contributed by atoms with E-state index in [1.807, 2.05) is 6.92 Å². The summed E-state index contributed by atoms with van der Waals surface area (Å²) in [5.74, 6) is -1.06. The summed E-state index contributed by atoms with van der Waals surface area (Å²) in [4.78, 5) is 24.3. The van der Waals surface area contributed by atoms with Gasteiger partial charge in [0, 0.05) is 31.8 Å². The third-order valence-electron chi connectivity index (χ3n) is 2.81. The first kappa shape index (κ1) is 15.9. The van der Waals surface area contributed by atoms with Crippen LogP contribution in [0.4, 0.5) is 0 Å². The number of likely N-dealkylation sites (N-methyl/N-ethyl adjacent to an activating group) is 1. The van der Waals surface area contributed by atoms with Gasteiger partial charge in [0.1, 0.15) is 0 Å². The van der Waals surface area contributed by atoms with Crippen LogP contribution in [0.15, 0.2) is 30.3 Å². The van der Waals surface area contributed by atoms with Gasteiger partial charge in [0.25, 0.3) is 5.91 Å². The molecule has 20 heavy (non-hydrogen) atoms. The number of ether oxygens (including phenoxy) is 1. The molecular formula is C15H19NO4. The van der Waals surface area contributed by atoms with Crippen molar-refractivity contribution in [3.8, 4) is 0 Å². The van der Waals surface area contributed by atoms with Crippen molar-refractivity contribution in [1.29, 1.82) is 0 Å². The van der Waals surface area contributed by atoms with Gasteiger partial charge in [-0.3, -0.25) is 4.79 Å². The number of rotatable bonds is 7. The number of carbonyl (C=O) groups excluding carboxylic acids is 1. The van der Waals surface area contributed by atoms with E-state index in [0.29, 0.717) is 25.3 Å². The molecule has 0 saturated carbocycles. The molecule has 1 aromatic carbocycles. The van der Waals surface area contributed by atoms with E-state index >= 15 is 0 Å². The quantitative estimate of drug-likeness (QED) is 0.773. The second kappa shape index (κ2) is 8.12. The average Bonchev–Trinajstić information content (AvgIpc) is 2.46. The van der Waals surface area contributed by atoms with Gasteiger partial charge in [-0.15, -0.1) is 0 Å². The molecule has 0 heterocycles. The molecule has 0 aliphatic rings. The third kappa shape index (κ3) is 4.85. The Hall–Kier alpha value is -2.14. The lowest BCUT2D eigenvalue weighted by molar-refractivity contribution is -0.131. The van der Waals surface area contributed by atoms with E-state index in [1.165, 1.54) is 6.08 Å². The molecule has 0 fully saturated rings. The van der Waals surface area contributed by atoms with E-state index in [2.05, 4.69) is 0 Å². The van der Waals surface area contributed by atoms with Crippen molar-refractivity contribution in [2.75, 3.05) is 26.8 Å². The van der Waals surface area contributed by atoms with Gasteiger partial charge in [-0.25, -0.2) is 4.79 Å². The predicted molar refractivity (Wildman–Crippen MR) is 76.6 cm³/mol. The van der Waals surface area contributed by atoms with Crippen LogP contribution in [-0.2, 0) is 9.53 Å². The second-order valence-corrected chi connectivity index (χ2v) is 4.17. The molecule has 108 valence electrons. The van der Waals surface area contributed by atoms with Crippen molar-refractivity contribution < 1.29 is 19.4 Å². The van der Waals surface area contributed by atoms with E-state index in [4.69, 9.17) is 9.84 Å². The number of hydrogen-bond acceptors (Lipinski definition) is 3. The molecule has 0 aliphatic heterocycles. The molecule has 0 saturated heterocycles. The van der Waals surface area contributed by atoms with E-state index in [9.17, 15) is 9.59 Å². The van der Waals surface area contributed by atoms with Crippen LogP contribution in [0.5, 0.6) is 0 Å². The van der Waals surface area contributed by atoms with Gasteiger partial charge in [-0.1, -0.05) is 12.1 Å². The van der Waals surface area contributed by atoms with E-state index < -0.39 is 5.97 Å². The maximum Gasteiger partial charge on any atom is 0.328 e. The van der Waals surface area contributed by atoms with Crippen molar-refractivity contribution in [1.82, 2.24) is 4.90 Å². The normalized spacial score (nSPS) is 10.7. The lowest BCUT2D eigenvalue weighted by atomic mass is 10.1. The maximum absolute atomic E-state index is 12.2. The van der Waals surface area contributed by atoms with Crippen LogP contribution in [0.25, 0.3) is 6.08 Å². The first-order valence-electron chi connectivity index (χ1n) is 6.37. The fourth-order valence-corrected chi connectivity index (χ4v) is 1.69. The maximum atomic E-state index is 12.2. The minimum Gasteiger partial charge on any atom is -0.478 e. The molecule has 0 bridgehead atoms. The number of amides is 1. The smallest absolute Gasteiger partial charge is 0.328 e. The monoisotopic (exact) mass is 277 g/mol. The Morgan fingerprint density at radius 3 is 2.45 bits per heavy atom. The molecule has 1 aromatic rings. The van der Waals surface area contributed by atoms with Crippen molar-refractivity contribution in [2.24, 2.45) is 0 Å². The molecule has 1 N–H and O–H groups in total. The largest absolute Gasteiger partial charge is 0.478 e. The summed E-state index contributed by atoms with van der Waals surface area (Å²) in [6.07, 6.45) is 2.55. The molecule has 1 rings (SSSR count). The number of nitrogens with zero attached hydrogens (tertiary/aromatic N) is 1. The first-order chi connectivity index (χ1) is 9.58. The Morgan fingerprint density at radius 2 is 1.95 bits per heavy atom. The predicted octanol–water partition coefficient (Wildman–Crippen LogP) is 1.89. The Balaban J connectivity index is 2.76. The van der Waals surface area contributed by atoms with Crippen molar-refractivity contribution in [2.45, 2.75) is 6.92 Å². The van der Waals surface area contributed by atoms with E-state index in [-0.39, 0.29) is 5.91 Å². The van der Waals surface area contributed by atoms with Gasteiger partial charge in [0.15, 0.2) is 0 Å². The molecular weight excluding hydrogens is 258 g/mol. The zero-order chi connectivity index (χ0) is 15.0. The van der Waals surface area contributed by atoms with Crippen molar-refractivity contribution in [3.63, 3.8) is 0 Å². The van der Waals surface area contributed by atoms with Crippen LogP contribution in [0, 0.1) is 0 Å². The number of methoxy groups -OCH3 is 1. The van der Waals surface area contributed by atoms with Gasteiger partial charge < -0.3 is 14.7 Å². The Labute approximate surface area is 118 Å².